The first-order valence-electron chi connectivity index (χ1n) is 9.80. The minimum atomic E-state index is 0.245. The summed E-state index contributed by atoms with van der Waals surface area (Å²) in [6.07, 6.45) is 6.76. The second-order valence-corrected chi connectivity index (χ2v) is 7.54. The minimum absolute atomic E-state index is 0.245. The summed E-state index contributed by atoms with van der Waals surface area (Å²) in [5.74, 6) is 8.36. The topological polar surface area (TPSA) is 37.7 Å². The molecule has 0 amide bonds. The lowest BCUT2D eigenvalue weighted by Gasteiger charge is -2.31. The van der Waals surface area contributed by atoms with Gasteiger partial charge in [0.15, 0.2) is 0 Å². The summed E-state index contributed by atoms with van der Waals surface area (Å²) in [4.78, 5) is 11.3. The second kappa shape index (κ2) is 9.62. The highest BCUT2D eigenvalue weighted by Crippen LogP contribution is 2.33. The molecule has 0 unspecified atom stereocenters. The van der Waals surface area contributed by atoms with Crippen molar-refractivity contribution in [3.8, 4) is 17.7 Å². The van der Waals surface area contributed by atoms with E-state index in [9.17, 15) is 0 Å². The van der Waals surface area contributed by atoms with Crippen LogP contribution >= 0.6 is 0 Å². The van der Waals surface area contributed by atoms with Crippen LogP contribution in [0.2, 0.25) is 0 Å². The fourth-order valence-electron chi connectivity index (χ4n) is 3.29. The van der Waals surface area contributed by atoms with E-state index in [2.05, 4.69) is 42.6 Å². The largest absolute Gasteiger partial charge is 0.473 e. The predicted molar refractivity (Wildman–Crippen MR) is 109 cm³/mol. The molecule has 26 heavy (non-hydrogen) atoms. The fraction of sp³-hybridized carbons (Fsp3) is 0.636. The van der Waals surface area contributed by atoms with Crippen LogP contribution < -0.4 is 4.74 Å². The molecule has 0 spiro atoms. The third-order valence-corrected chi connectivity index (χ3v) is 5.24. The highest BCUT2D eigenvalue weighted by atomic mass is 16.5. The molecule has 0 atom stereocenters. The van der Waals surface area contributed by atoms with Gasteiger partial charge in [0.2, 0.25) is 5.88 Å². The molecule has 0 aromatic carbocycles. The molecule has 0 bridgehead atoms. The Morgan fingerprint density at radius 3 is 2.62 bits per heavy atom. The summed E-state index contributed by atoms with van der Waals surface area (Å²) in [6, 6.07) is 1.99. The van der Waals surface area contributed by atoms with Crippen molar-refractivity contribution in [3.05, 3.63) is 17.3 Å². The molecule has 0 N–H and O–H groups in total. The minimum Gasteiger partial charge on any atom is -0.473 e. The lowest BCUT2D eigenvalue weighted by Crippen LogP contribution is -2.26. The summed E-state index contributed by atoms with van der Waals surface area (Å²) in [5.41, 5.74) is 2.55. The first kappa shape index (κ1) is 20.3. The molecule has 2 rings (SSSR count). The van der Waals surface area contributed by atoms with Crippen LogP contribution in [0.1, 0.15) is 64.6 Å². The predicted octanol–water partition coefficient (Wildman–Crippen LogP) is 4.97. The lowest BCUT2D eigenvalue weighted by atomic mass is 9.80. The third-order valence-electron chi connectivity index (χ3n) is 5.24. The molecule has 0 aliphatic heterocycles. The molecule has 1 heterocycles. The van der Waals surface area contributed by atoms with Crippen molar-refractivity contribution in [3.63, 3.8) is 0 Å². The Morgan fingerprint density at radius 2 is 2.04 bits per heavy atom. The summed E-state index contributed by atoms with van der Waals surface area (Å²) < 4.78 is 6.27. The van der Waals surface area contributed by atoms with Gasteiger partial charge in [-0.3, -0.25) is 0 Å². The molecule has 1 saturated carbocycles. The molecule has 0 radical (unpaired) electrons. The van der Waals surface area contributed by atoms with E-state index in [1.54, 1.807) is 0 Å². The van der Waals surface area contributed by atoms with Crippen LogP contribution in [0.5, 0.6) is 5.88 Å². The van der Waals surface area contributed by atoms with Crippen LogP contribution in [0.3, 0.4) is 0 Å². The van der Waals surface area contributed by atoms with Crippen molar-refractivity contribution < 1.29 is 4.74 Å². The molecule has 1 aromatic rings. The number of hydrogen-bond acceptors (Lipinski definition) is 3. The van der Waals surface area contributed by atoms with Crippen LogP contribution in [0.4, 0.5) is 5.69 Å². The van der Waals surface area contributed by atoms with E-state index in [1.807, 2.05) is 38.2 Å². The van der Waals surface area contributed by atoms with Gasteiger partial charge in [0.1, 0.15) is 6.10 Å². The van der Waals surface area contributed by atoms with Gasteiger partial charge < -0.3 is 9.64 Å². The van der Waals surface area contributed by atoms with E-state index in [0.29, 0.717) is 5.88 Å². The monoisotopic (exact) mass is 355 g/mol. The smallest absolute Gasteiger partial charge is 0.230 e. The zero-order valence-electron chi connectivity index (χ0n) is 17.2. The zero-order chi connectivity index (χ0) is 19.1. The number of ether oxygens (including phenoxy) is 1. The van der Waals surface area contributed by atoms with Crippen molar-refractivity contribution in [1.29, 1.82) is 0 Å². The number of aryl methyl sites for hydroxylation is 1. The van der Waals surface area contributed by atoms with Gasteiger partial charge in [-0.15, -0.1) is 5.92 Å². The normalized spacial score (nSPS) is 20.1. The fourth-order valence-corrected chi connectivity index (χ4v) is 3.29. The Kier molecular flexibility index (Phi) is 7.50. The summed E-state index contributed by atoms with van der Waals surface area (Å²) in [5, 5.41) is 0. The average Bonchev–Trinajstić information content (AvgIpc) is 2.63. The Morgan fingerprint density at radius 1 is 1.35 bits per heavy atom. The standard InChI is InChI=1S/C22H33N3O/c1-7-9-19-14-21(23-15-25(6)8-2)17(5)24-22(19)26-20-12-10-18(11-13-20)16(3)4/h14-16,18,20H,8,10-13H2,1-6H3/b23-15+/t18-,20+. The highest BCUT2D eigenvalue weighted by molar-refractivity contribution is 5.64. The van der Waals surface area contributed by atoms with Crippen LogP contribution in [0.15, 0.2) is 11.1 Å². The summed E-state index contributed by atoms with van der Waals surface area (Å²) >= 11 is 0. The van der Waals surface area contributed by atoms with Gasteiger partial charge >= 0.3 is 0 Å². The van der Waals surface area contributed by atoms with Gasteiger partial charge in [0.25, 0.3) is 0 Å². The quantitative estimate of drug-likeness (QED) is 0.411. The maximum Gasteiger partial charge on any atom is 0.230 e. The maximum atomic E-state index is 6.27. The lowest BCUT2D eigenvalue weighted by molar-refractivity contribution is 0.112. The van der Waals surface area contributed by atoms with Gasteiger partial charge in [-0.1, -0.05) is 19.8 Å². The Labute approximate surface area is 159 Å². The van der Waals surface area contributed by atoms with Crippen LogP contribution in [-0.2, 0) is 0 Å². The second-order valence-electron chi connectivity index (χ2n) is 7.54. The first-order valence-corrected chi connectivity index (χ1v) is 9.80. The van der Waals surface area contributed by atoms with E-state index < -0.39 is 0 Å². The molecule has 0 saturated heterocycles. The van der Waals surface area contributed by atoms with Gasteiger partial charge in [0, 0.05) is 13.6 Å². The van der Waals surface area contributed by atoms with Gasteiger partial charge in [-0.05, 0) is 64.4 Å². The van der Waals surface area contributed by atoms with E-state index in [-0.39, 0.29) is 6.10 Å². The summed E-state index contributed by atoms with van der Waals surface area (Å²) in [7, 11) is 2.00. The highest BCUT2D eigenvalue weighted by Gasteiger charge is 2.25. The van der Waals surface area contributed by atoms with Gasteiger partial charge in [-0.25, -0.2) is 9.98 Å². The Hall–Kier alpha value is -2.02. The van der Waals surface area contributed by atoms with Crippen LogP contribution in [0, 0.1) is 30.6 Å². The van der Waals surface area contributed by atoms with E-state index in [1.165, 1.54) is 12.8 Å². The van der Waals surface area contributed by atoms with Crippen molar-refractivity contribution >= 4 is 12.0 Å². The number of hydrogen-bond donors (Lipinski definition) is 0. The first-order chi connectivity index (χ1) is 12.4. The maximum absolute atomic E-state index is 6.27. The zero-order valence-corrected chi connectivity index (χ0v) is 17.2. The summed E-state index contributed by atoms with van der Waals surface area (Å²) in [6.45, 7) is 11.5. The average molecular weight is 356 g/mol. The van der Waals surface area contributed by atoms with Crippen LogP contribution in [0.25, 0.3) is 0 Å². The molecule has 1 fully saturated rings. The molecule has 1 aliphatic rings. The van der Waals surface area contributed by atoms with Crippen molar-refractivity contribution in [1.82, 2.24) is 9.88 Å². The molecule has 142 valence electrons. The van der Waals surface area contributed by atoms with Gasteiger partial charge in [-0.2, -0.15) is 0 Å². The van der Waals surface area contributed by atoms with Crippen LogP contribution in [-0.4, -0.2) is 35.9 Å². The van der Waals surface area contributed by atoms with E-state index in [0.717, 1.165) is 48.2 Å². The molecule has 1 aromatic heterocycles. The number of rotatable bonds is 6. The van der Waals surface area contributed by atoms with Gasteiger partial charge in [0.05, 0.1) is 23.3 Å². The van der Waals surface area contributed by atoms with Crippen molar-refractivity contribution in [2.75, 3.05) is 13.6 Å². The Balaban J connectivity index is 2.16. The molecular weight excluding hydrogens is 322 g/mol. The molecule has 4 nitrogen and oxygen atoms in total. The van der Waals surface area contributed by atoms with E-state index >= 15 is 0 Å². The number of aliphatic imine (C=N–C) groups is 1. The Bertz CT molecular complexity index is 677. The molecule has 4 heteroatoms. The SMILES string of the molecule is CC#Cc1cc(/N=C/N(C)CC)c(C)nc1O[C@H]1CC[C@@H](C(C)C)CC1. The number of nitrogens with zero attached hydrogens (tertiary/aromatic N) is 3. The van der Waals surface area contributed by atoms with E-state index in [4.69, 9.17) is 4.74 Å². The molecular formula is C22H33N3O. The number of aromatic nitrogens is 1. The molecule has 1 aliphatic carbocycles. The van der Waals surface area contributed by atoms with Crippen molar-refractivity contribution in [2.24, 2.45) is 16.8 Å². The third kappa shape index (κ3) is 5.49. The number of pyridine rings is 1. The van der Waals surface area contributed by atoms with Crippen molar-refractivity contribution in [2.45, 2.75) is 66.4 Å².